The Balaban J connectivity index is 1.39. The number of likely N-dealkylation sites (tertiary alicyclic amines) is 1. The largest absolute Gasteiger partial charge is 0.367 e. The van der Waals surface area contributed by atoms with Crippen molar-refractivity contribution >= 4 is 35.0 Å². The number of rotatable bonds is 4. The number of carbonyl (C=O) groups is 3. The van der Waals surface area contributed by atoms with Gasteiger partial charge >= 0.3 is 0 Å². The Morgan fingerprint density at radius 2 is 1.60 bits per heavy atom. The van der Waals surface area contributed by atoms with Crippen LogP contribution in [0.3, 0.4) is 0 Å². The van der Waals surface area contributed by atoms with Gasteiger partial charge in [-0.1, -0.05) is 54.1 Å². The van der Waals surface area contributed by atoms with Crippen molar-refractivity contribution in [2.75, 3.05) is 37.6 Å². The van der Waals surface area contributed by atoms with Gasteiger partial charge < -0.3 is 9.80 Å². The number of hydrogen-bond donors (Lipinski definition) is 0. The fourth-order valence-corrected chi connectivity index (χ4v) is 4.47. The lowest BCUT2D eigenvalue weighted by Gasteiger charge is -2.37. The van der Waals surface area contributed by atoms with Gasteiger partial charge in [0.25, 0.3) is 0 Å². The van der Waals surface area contributed by atoms with Gasteiger partial charge in [-0.05, 0) is 24.6 Å². The second-order valence-corrected chi connectivity index (χ2v) is 8.39. The zero-order chi connectivity index (χ0) is 21.3. The van der Waals surface area contributed by atoms with Gasteiger partial charge in [0.15, 0.2) is 0 Å². The van der Waals surface area contributed by atoms with E-state index in [1.54, 1.807) is 11.8 Å². The molecule has 7 heteroatoms. The van der Waals surface area contributed by atoms with Crippen molar-refractivity contribution in [1.82, 2.24) is 9.80 Å². The number of hydrogen-bond acceptors (Lipinski definition) is 4. The fraction of sp³-hybridized carbons (Fsp3) is 0.348. The topological polar surface area (TPSA) is 60.9 Å². The first kappa shape index (κ1) is 20.4. The van der Waals surface area contributed by atoms with Crippen LogP contribution in [0.1, 0.15) is 18.9 Å². The van der Waals surface area contributed by atoms with Crippen molar-refractivity contribution in [1.29, 1.82) is 0 Å². The van der Waals surface area contributed by atoms with Crippen molar-refractivity contribution in [2.24, 2.45) is 0 Å². The molecule has 2 aliphatic heterocycles. The number of anilines is 1. The van der Waals surface area contributed by atoms with E-state index in [0.717, 1.165) is 16.2 Å². The molecule has 6 nitrogen and oxygen atoms in total. The minimum absolute atomic E-state index is 0.0867. The van der Waals surface area contributed by atoms with E-state index in [9.17, 15) is 14.4 Å². The number of nitrogens with zero attached hydrogens (tertiary/aromatic N) is 3. The molecule has 156 valence electrons. The van der Waals surface area contributed by atoms with E-state index in [1.807, 2.05) is 54.6 Å². The van der Waals surface area contributed by atoms with Crippen LogP contribution in [0, 0.1) is 0 Å². The minimum Gasteiger partial charge on any atom is -0.367 e. The Labute approximate surface area is 181 Å². The van der Waals surface area contributed by atoms with Crippen LogP contribution in [0.4, 0.5) is 5.69 Å². The van der Waals surface area contributed by atoms with Crippen LogP contribution in [-0.4, -0.2) is 60.2 Å². The predicted molar refractivity (Wildman–Crippen MR) is 115 cm³/mol. The molecule has 4 rings (SSSR count). The van der Waals surface area contributed by atoms with E-state index >= 15 is 0 Å². The van der Waals surface area contributed by atoms with Gasteiger partial charge in [-0.25, -0.2) is 0 Å². The molecule has 2 aromatic rings. The van der Waals surface area contributed by atoms with Crippen LogP contribution in [-0.2, 0) is 19.8 Å². The molecule has 0 aliphatic carbocycles. The van der Waals surface area contributed by atoms with Gasteiger partial charge in [-0.15, -0.1) is 0 Å². The van der Waals surface area contributed by atoms with Crippen molar-refractivity contribution in [3.05, 3.63) is 65.2 Å². The van der Waals surface area contributed by atoms with Gasteiger partial charge in [0.05, 0.1) is 16.1 Å². The van der Waals surface area contributed by atoms with Crippen LogP contribution >= 0.6 is 11.6 Å². The molecule has 3 amide bonds. The smallest absolute Gasteiger partial charge is 0.242 e. The van der Waals surface area contributed by atoms with Crippen LogP contribution in [0.25, 0.3) is 0 Å². The van der Waals surface area contributed by atoms with E-state index in [0.29, 0.717) is 31.2 Å². The summed E-state index contributed by atoms with van der Waals surface area (Å²) in [7, 11) is 0. The number of halogens is 1. The Hall–Kier alpha value is -2.86. The first-order valence-corrected chi connectivity index (χ1v) is 10.5. The fourth-order valence-electron chi connectivity index (χ4n) is 4.22. The highest BCUT2D eigenvalue weighted by Crippen LogP contribution is 2.36. The van der Waals surface area contributed by atoms with E-state index in [-0.39, 0.29) is 30.7 Å². The molecule has 2 aliphatic rings. The number of benzene rings is 2. The molecule has 2 heterocycles. The molecule has 0 aromatic heterocycles. The summed E-state index contributed by atoms with van der Waals surface area (Å²) in [4.78, 5) is 43.4. The van der Waals surface area contributed by atoms with E-state index in [4.69, 9.17) is 11.6 Å². The second-order valence-electron chi connectivity index (χ2n) is 7.98. The van der Waals surface area contributed by atoms with Crippen LogP contribution in [0.5, 0.6) is 0 Å². The lowest BCUT2D eigenvalue weighted by atomic mass is 9.81. The standard InChI is InChI=1S/C23H24ClN3O3/c1-23(17-7-3-2-4-8-17)15-20(28)27(22(23)30)16-21(29)26-13-11-25(12-14-26)19-10-6-5-9-18(19)24/h2-10H,11-16H2,1H3. The van der Waals surface area contributed by atoms with Crippen LogP contribution < -0.4 is 4.90 Å². The SMILES string of the molecule is CC1(c2ccccc2)CC(=O)N(CC(=O)N2CCN(c3ccccc3Cl)CC2)C1=O. The molecule has 0 bridgehead atoms. The summed E-state index contributed by atoms with van der Waals surface area (Å²) in [5.74, 6) is -0.802. The third kappa shape index (κ3) is 3.67. The lowest BCUT2D eigenvalue weighted by Crippen LogP contribution is -2.52. The summed E-state index contributed by atoms with van der Waals surface area (Å²) in [5, 5.41) is 0.686. The summed E-state index contributed by atoms with van der Waals surface area (Å²) in [6.07, 6.45) is 0.0867. The summed E-state index contributed by atoms with van der Waals surface area (Å²) in [6, 6.07) is 16.9. The highest BCUT2D eigenvalue weighted by molar-refractivity contribution is 6.33. The first-order chi connectivity index (χ1) is 14.4. The molecule has 0 spiro atoms. The monoisotopic (exact) mass is 425 g/mol. The van der Waals surface area contributed by atoms with Crippen molar-refractivity contribution in [3.63, 3.8) is 0 Å². The van der Waals surface area contributed by atoms with Crippen molar-refractivity contribution in [3.8, 4) is 0 Å². The van der Waals surface area contributed by atoms with Crippen molar-refractivity contribution < 1.29 is 14.4 Å². The zero-order valence-electron chi connectivity index (χ0n) is 16.9. The maximum Gasteiger partial charge on any atom is 0.242 e. The highest BCUT2D eigenvalue weighted by Gasteiger charge is 2.49. The third-order valence-corrected chi connectivity index (χ3v) is 6.37. The molecule has 2 aromatic carbocycles. The molecule has 0 radical (unpaired) electrons. The molecule has 1 atom stereocenters. The maximum atomic E-state index is 13.0. The summed E-state index contributed by atoms with van der Waals surface area (Å²) in [6.45, 7) is 3.92. The normalized spacial score (nSPS) is 22.0. The molecular weight excluding hydrogens is 402 g/mol. The molecule has 0 saturated carbocycles. The van der Waals surface area contributed by atoms with E-state index in [2.05, 4.69) is 4.90 Å². The van der Waals surface area contributed by atoms with Gasteiger partial charge in [0.2, 0.25) is 17.7 Å². The molecular formula is C23H24ClN3O3. The number of piperazine rings is 1. The minimum atomic E-state index is -0.915. The van der Waals surface area contributed by atoms with Gasteiger partial charge in [-0.2, -0.15) is 0 Å². The molecule has 30 heavy (non-hydrogen) atoms. The van der Waals surface area contributed by atoms with Crippen LogP contribution in [0.2, 0.25) is 5.02 Å². The Kier molecular flexibility index (Phi) is 5.52. The van der Waals surface area contributed by atoms with Crippen molar-refractivity contribution in [2.45, 2.75) is 18.8 Å². The number of imide groups is 1. The average molecular weight is 426 g/mol. The summed E-state index contributed by atoms with van der Waals surface area (Å²) < 4.78 is 0. The van der Waals surface area contributed by atoms with E-state index < -0.39 is 5.41 Å². The molecule has 1 unspecified atom stereocenters. The number of amides is 3. The lowest BCUT2D eigenvalue weighted by molar-refractivity contribution is -0.146. The second kappa shape index (κ2) is 8.11. The Morgan fingerprint density at radius 3 is 2.27 bits per heavy atom. The van der Waals surface area contributed by atoms with E-state index in [1.165, 1.54) is 0 Å². The quantitative estimate of drug-likeness (QED) is 0.707. The Bertz CT molecular complexity index is 973. The first-order valence-electron chi connectivity index (χ1n) is 10.1. The number of para-hydroxylation sites is 1. The molecule has 2 saturated heterocycles. The Morgan fingerprint density at radius 1 is 0.967 bits per heavy atom. The predicted octanol–water partition coefficient (Wildman–Crippen LogP) is 2.71. The van der Waals surface area contributed by atoms with Crippen LogP contribution in [0.15, 0.2) is 54.6 Å². The van der Waals surface area contributed by atoms with Gasteiger partial charge in [-0.3, -0.25) is 19.3 Å². The zero-order valence-corrected chi connectivity index (χ0v) is 17.6. The van der Waals surface area contributed by atoms with Gasteiger partial charge in [0, 0.05) is 32.6 Å². The summed E-state index contributed by atoms with van der Waals surface area (Å²) >= 11 is 6.28. The molecule has 0 N–H and O–H groups in total. The maximum absolute atomic E-state index is 13.0. The van der Waals surface area contributed by atoms with Gasteiger partial charge in [0.1, 0.15) is 6.54 Å². The highest BCUT2D eigenvalue weighted by atomic mass is 35.5. The average Bonchev–Trinajstić information content (AvgIpc) is 2.99. The number of carbonyl (C=O) groups excluding carboxylic acids is 3. The summed E-state index contributed by atoms with van der Waals surface area (Å²) in [5.41, 5.74) is 0.836. The third-order valence-electron chi connectivity index (χ3n) is 6.05. The molecule has 2 fully saturated rings.